The lowest BCUT2D eigenvalue weighted by Crippen LogP contribution is -2.30. The van der Waals surface area contributed by atoms with Crippen molar-refractivity contribution in [3.63, 3.8) is 0 Å². The maximum Gasteiger partial charge on any atom is 0.242 e. The summed E-state index contributed by atoms with van der Waals surface area (Å²) in [5.74, 6) is 0. The Morgan fingerprint density at radius 1 is 1.50 bits per heavy atom. The molecule has 3 N–H and O–H groups in total. The molecule has 1 saturated heterocycles. The Labute approximate surface area is 95.7 Å². The van der Waals surface area contributed by atoms with E-state index in [4.69, 9.17) is 0 Å². The van der Waals surface area contributed by atoms with Gasteiger partial charge in [0.1, 0.15) is 0 Å². The van der Waals surface area contributed by atoms with Crippen LogP contribution in [0.3, 0.4) is 0 Å². The van der Waals surface area contributed by atoms with Crippen LogP contribution in [0.15, 0.2) is 23.4 Å². The summed E-state index contributed by atoms with van der Waals surface area (Å²) in [5.41, 5.74) is 0. The predicted molar refractivity (Wildman–Crippen MR) is 61.6 cm³/mol. The van der Waals surface area contributed by atoms with Gasteiger partial charge in [-0.05, 0) is 31.9 Å². The van der Waals surface area contributed by atoms with Crippen LogP contribution in [-0.2, 0) is 10.0 Å². The van der Waals surface area contributed by atoms with Gasteiger partial charge in [-0.1, -0.05) is 0 Å². The summed E-state index contributed by atoms with van der Waals surface area (Å²) in [5, 5.41) is 3.34. The Kier molecular flexibility index (Phi) is 3.63. The van der Waals surface area contributed by atoms with E-state index < -0.39 is 10.0 Å². The molecule has 1 aromatic heterocycles. The molecule has 1 aromatic rings. The molecule has 0 bridgehead atoms. The molecule has 0 saturated carbocycles. The molecular formula is C10H17N3O2S. The van der Waals surface area contributed by atoms with Crippen molar-refractivity contribution in [2.75, 3.05) is 13.1 Å². The summed E-state index contributed by atoms with van der Waals surface area (Å²) in [6, 6.07) is 2.02. The second-order valence-corrected chi connectivity index (χ2v) is 5.79. The Hall–Kier alpha value is -0.850. The molecule has 2 rings (SSSR count). The van der Waals surface area contributed by atoms with Crippen LogP contribution < -0.4 is 10.0 Å². The number of rotatable bonds is 5. The van der Waals surface area contributed by atoms with Gasteiger partial charge in [0, 0.05) is 25.0 Å². The fourth-order valence-corrected chi connectivity index (χ4v) is 2.95. The molecule has 90 valence electrons. The third-order valence-electron chi connectivity index (χ3n) is 2.83. The molecule has 1 unspecified atom stereocenters. The fourth-order valence-electron chi connectivity index (χ4n) is 1.93. The van der Waals surface area contributed by atoms with Crippen LogP contribution in [0.25, 0.3) is 0 Å². The zero-order valence-electron chi connectivity index (χ0n) is 9.07. The van der Waals surface area contributed by atoms with Crippen molar-refractivity contribution in [2.45, 2.75) is 30.2 Å². The van der Waals surface area contributed by atoms with Crippen molar-refractivity contribution in [3.8, 4) is 0 Å². The third-order valence-corrected chi connectivity index (χ3v) is 4.29. The number of hydrogen-bond acceptors (Lipinski definition) is 3. The number of hydrogen-bond donors (Lipinski definition) is 3. The standard InChI is InChI=1S/C10H17N3O2S/c14-16(15,10-4-6-11-8-10)13-7-3-9-2-1-5-12-9/h4,6,8-9,11-13H,1-3,5,7H2. The van der Waals surface area contributed by atoms with Crippen LogP contribution in [0.5, 0.6) is 0 Å². The van der Waals surface area contributed by atoms with Gasteiger partial charge in [0.25, 0.3) is 0 Å². The molecule has 2 heterocycles. The van der Waals surface area contributed by atoms with Crippen LogP contribution in [0.2, 0.25) is 0 Å². The number of nitrogens with one attached hydrogen (secondary N) is 3. The SMILES string of the molecule is O=S(=O)(NCCC1CCCN1)c1cc[nH]c1. The average Bonchev–Trinajstić information content (AvgIpc) is 2.90. The van der Waals surface area contributed by atoms with E-state index in [-0.39, 0.29) is 0 Å². The van der Waals surface area contributed by atoms with Crippen molar-refractivity contribution in [2.24, 2.45) is 0 Å². The smallest absolute Gasteiger partial charge is 0.242 e. The minimum absolute atomic E-state index is 0.298. The predicted octanol–water partition coefficient (Wildman–Crippen LogP) is 0.435. The molecule has 0 aromatic carbocycles. The summed E-state index contributed by atoms with van der Waals surface area (Å²) in [7, 11) is -3.32. The number of sulfonamides is 1. The van der Waals surface area contributed by atoms with Crippen LogP contribution >= 0.6 is 0 Å². The molecule has 0 aliphatic carbocycles. The minimum Gasteiger partial charge on any atom is -0.366 e. The zero-order valence-corrected chi connectivity index (χ0v) is 9.89. The van der Waals surface area contributed by atoms with Gasteiger partial charge >= 0.3 is 0 Å². The highest BCUT2D eigenvalue weighted by Crippen LogP contribution is 2.09. The largest absolute Gasteiger partial charge is 0.366 e. The highest BCUT2D eigenvalue weighted by Gasteiger charge is 2.17. The van der Waals surface area contributed by atoms with E-state index in [0.717, 1.165) is 19.4 Å². The second kappa shape index (κ2) is 4.99. The summed E-state index contributed by atoms with van der Waals surface area (Å²) >= 11 is 0. The molecule has 0 amide bonds. The van der Waals surface area contributed by atoms with Gasteiger partial charge in [-0.3, -0.25) is 0 Å². The van der Waals surface area contributed by atoms with E-state index >= 15 is 0 Å². The summed E-state index contributed by atoms with van der Waals surface area (Å²) in [6.45, 7) is 1.54. The van der Waals surface area contributed by atoms with E-state index in [1.54, 1.807) is 12.3 Å². The molecule has 6 heteroatoms. The highest BCUT2D eigenvalue weighted by atomic mass is 32.2. The van der Waals surface area contributed by atoms with Crippen LogP contribution in [0, 0.1) is 0 Å². The van der Waals surface area contributed by atoms with Crippen molar-refractivity contribution in [3.05, 3.63) is 18.5 Å². The lowest BCUT2D eigenvalue weighted by Gasteiger charge is -2.10. The van der Waals surface area contributed by atoms with Gasteiger partial charge in [-0.25, -0.2) is 13.1 Å². The van der Waals surface area contributed by atoms with Crippen molar-refractivity contribution in [1.82, 2.24) is 15.0 Å². The molecule has 5 nitrogen and oxygen atoms in total. The van der Waals surface area contributed by atoms with Crippen LogP contribution in [0.4, 0.5) is 0 Å². The lowest BCUT2D eigenvalue weighted by atomic mass is 10.2. The average molecular weight is 243 g/mol. The van der Waals surface area contributed by atoms with Gasteiger partial charge in [0.15, 0.2) is 0 Å². The van der Waals surface area contributed by atoms with E-state index in [2.05, 4.69) is 15.0 Å². The molecular weight excluding hydrogens is 226 g/mol. The second-order valence-electron chi connectivity index (χ2n) is 4.03. The Bertz CT molecular complexity index is 407. The topological polar surface area (TPSA) is 74.0 Å². The van der Waals surface area contributed by atoms with Crippen molar-refractivity contribution >= 4 is 10.0 Å². The first-order valence-electron chi connectivity index (χ1n) is 5.54. The molecule has 1 aliphatic rings. The first-order chi connectivity index (χ1) is 7.68. The number of H-pyrrole nitrogens is 1. The zero-order chi connectivity index (χ0) is 11.4. The Balaban J connectivity index is 1.81. The van der Waals surface area contributed by atoms with E-state index in [1.807, 2.05) is 0 Å². The normalized spacial score (nSPS) is 21.4. The monoisotopic (exact) mass is 243 g/mol. The molecule has 0 spiro atoms. The molecule has 16 heavy (non-hydrogen) atoms. The summed E-state index contributed by atoms with van der Waals surface area (Å²) < 4.78 is 26.0. The first-order valence-corrected chi connectivity index (χ1v) is 7.03. The van der Waals surface area contributed by atoms with Crippen molar-refractivity contribution in [1.29, 1.82) is 0 Å². The highest BCUT2D eigenvalue weighted by molar-refractivity contribution is 7.89. The van der Waals surface area contributed by atoms with Gasteiger partial charge in [0.05, 0.1) is 4.90 Å². The van der Waals surface area contributed by atoms with Gasteiger partial charge in [0.2, 0.25) is 10.0 Å². The van der Waals surface area contributed by atoms with Gasteiger partial charge in [-0.15, -0.1) is 0 Å². The van der Waals surface area contributed by atoms with E-state index in [0.29, 0.717) is 17.5 Å². The Morgan fingerprint density at radius 2 is 2.38 bits per heavy atom. The van der Waals surface area contributed by atoms with Crippen molar-refractivity contribution < 1.29 is 8.42 Å². The van der Waals surface area contributed by atoms with Gasteiger partial charge in [-0.2, -0.15) is 0 Å². The lowest BCUT2D eigenvalue weighted by molar-refractivity contribution is 0.539. The summed E-state index contributed by atoms with van der Waals surface area (Å²) in [4.78, 5) is 3.03. The van der Waals surface area contributed by atoms with Gasteiger partial charge < -0.3 is 10.3 Å². The third kappa shape index (κ3) is 2.84. The van der Waals surface area contributed by atoms with E-state index in [9.17, 15) is 8.42 Å². The fraction of sp³-hybridized carbons (Fsp3) is 0.600. The minimum atomic E-state index is -3.32. The molecule has 1 atom stereocenters. The van der Waals surface area contributed by atoms with E-state index in [1.165, 1.54) is 12.6 Å². The first kappa shape index (κ1) is 11.6. The quantitative estimate of drug-likeness (QED) is 0.702. The molecule has 0 radical (unpaired) electrons. The molecule has 1 aliphatic heterocycles. The maximum atomic E-state index is 11.7. The van der Waals surface area contributed by atoms with Crippen LogP contribution in [-0.4, -0.2) is 32.5 Å². The van der Waals surface area contributed by atoms with Crippen LogP contribution in [0.1, 0.15) is 19.3 Å². The number of aromatic amines is 1. The summed E-state index contributed by atoms with van der Waals surface area (Å²) in [6.07, 6.45) is 6.27. The maximum absolute atomic E-state index is 11.7. The molecule has 1 fully saturated rings. The Morgan fingerprint density at radius 3 is 3.00 bits per heavy atom. The number of aromatic nitrogens is 1.